The Kier molecular flexibility index (Phi) is 5.43. The highest BCUT2D eigenvalue weighted by molar-refractivity contribution is 6.31. The highest BCUT2D eigenvalue weighted by atomic mass is 35.5. The summed E-state index contributed by atoms with van der Waals surface area (Å²) in [4.78, 5) is 20.5. The van der Waals surface area contributed by atoms with Gasteiger partial charge in [-0.05, 0) is 29.8 Å². The molecule has 0 atom stereocenters. The number of carbonyl (C=O) groups is 1. The van der Waals surface area contributed by atoms with E-state index in [1.54, 1.807) is 29.4 Å². The Bertz CT molecular complexity index is 682. The Balaban J connectivity index is 1.54. The van der Waals surface area contributed by atoms with Crippen molar-refractivity contribution in [2.45, 2.75) is 13.0 Å². The Morgan fingerprint density at radius 1 is 1.12 bits per heavy atom. The van der Waals surface area contributed by atoms with Crippen LogP contribution in [0.2, 0.25) is 5.02 Å². The highest BCUT2D eigenvalue weighted by Gasteiger charge is 2.22. The van der Waals surface area contributed by atoms with E-state index in [4.69, 9.17) is 11.6 Å². The average Bonchev–Trinajstić information content (AvgIpc) is 2.60. The molecule has 1 fully saturated rings. The second kappa shape index (κ2) is 7.73. The van der Waals surface area contributed by atoms with Crippen LogP contribution in [0.5, 0.6) is 0 Å². The molecule has 1 aromatic heterocycles. The van der Waals surface area contributed by atoms with Crippen molar-refractivity contribution in [2.24, 2.45) is 0 Å². The lowest BCUT2D eigenvalue weighted by Gasteiger charge is -2.34. The molecule has 6 heteroatoms. The maximum atomic E-state index is 13.8. The molecule has 2 aromatic rings. The van der Waals surface area contributed by atoms with Gasteiger partial charge in [-0.2, -0.15) is 0 Å². The summed E-state index contributed by atoms with van der Waals surface area (Å²) >= 11 is 6.00. The molecule has 0 unspecified atom stereocenters. The van der Waals surface area contributed by atoms with Gasteiger partial charge in [-0.3, -0.25) is 14.7 Å². The third-order valence-corrected chi connectivity index (χ3v) is 4.62. The second-order valence-corrected chi connectivity index (χ2v) is 6.30. The van der Waals surface area contributed by atoms with Crippen molar-refractivity contribution < 1.29 is 9.18 Å². The molecule has 0 bridgehead atoms. The van der Waals surface area contributed by atoms with Crippen LogP contribution < -0.4 is 0 Å². The predicted octanol–water partition coefficient (Wildman–Crippen LogP) is 2.76. The van der Waals surface area contributed by atoms with Crippen LogP contribution in [-0.4, -0.2) is 46.9 Å². The van der Waals surface area contributed by atoms with E-state index in [1.165, 1.54) is 11.6 Å². The van der Waals surface area contributed by atoms with E-state index in [1.807, 2.05) is 12.1 Å². The minimum absolute atomic E-state index is 0.00978. The van der Waals surface area contributed by atoms with Gasteiger partial charge in [-0.25, -0.2) is 4.39 Å². The number of rotatable bonds is 4. The number of amides is 1. The molecule has 24 heavy (non-hydrogen) atoms. The number of hydrogen-bond acceptors (Lipinski definition) is 3. The van der Waals surface area contributed by atoms with Crippen LogP contribution in [0.4, 0.5) is 4.39 Å². The zero-order chi connectivity index (χ0) is 16.9. The maximum absolute atomic E-state index is 13.8. The minimum atomic E-state index is -0.424. The largest absolute Gasteiger partial charge is 0.340 e. The van der Waals surface area contributed by atoms with Gasteiger partial charge in [0.05, 0.1) is 6.42 Å². The third-order valence-electron chi connectivity index (χ3n) is 4.27. The molecule has 0 aliphatic carbocycles. The fraction of sp³-hybridized carbons (Fsp3) is 0.333. The first-order valence-corrected chi connectivity index (χ1v) is 8.33. The van der Waals surface area contributed by atoms with Crippen molar-refractivity contribution in [1.29, 1.82) is 0 Å². The summed E-state index contributed by atoms with van der Waals surface area (Å²) in [5.41, 5.74) is 1.49. The van der Waals surface area contributed by atoms with Crippen LogP contribution in [0.15, 0.2) is 42.7 Å². The van der Waals surface area contributed by atoms with Gasteiger partial charge in [0.15, 0.2) is 0 Å². The van der Waals surface area contributed by atoms with Crippen molar-refractivity contribution in [1.82, 2.24) is 14.8 Å². The van der Waals surface area contributed by atoms with Gasteiger partial charge in [0.1, 0.15) is 5.82 Å². The van der Waals surface area contributed by atoms with Crippen LogP contribution >= 0.6 is 11.6 Å². The van der Waals surface area contributed by atoms with Crippen molar-refractivity contribution in [3.05, 3.63) is 64.7 Å². The van der Waals surface area contributed by atoms with E-state index in [0.717, 1.165) is 19.6 Å². The summed E-state index contributed by atoms with van der Waals surface area (Å²) in [6.45, 7) is 3.76. The van der Waals surface area contributed by atoms with E-state index in [9.17, 15) is 9.18 Å². The van der Waals surface area contributed by atoms with Crippen LogP contribution in [0.25, 0.3) is 0 Å². The molecule has 0 radical (unpaired) electrons. The lowest BCUT2D eigenvalue weighted by atomic mass is 10.1. The number of pyridine rings is 1. The molecule has 3 rings (SSSR count). The number of halogens is 2. The van der Waals surface area contributed by atoms with E-state index >= 15 is 0 Å². The predicted molar refractivity (Wildman–Crippen MR) is 91.2 cm³/mol. The van der Waals surface area contributed by atoms with Crippen LogP contribution in [-0.2, 0) is 17.8 Å². The van der Waals surface area contributed by atoms with Gasteiger partial charge >= 0.3 is 0 Å². The molecule has 2 heterocycles. The molecular weight excluding hydrogens is 329 g/mol. The topological polar surface area (TPSA) is 36.4 Å². The van der Waals surface area contributed by atoms with E-state index < -0.39 is 5.82 Å². The smallest absolute Gasteiger partial charge is 0.227 e. The average molecular weight is 348 g/mol. The first kappa shape index (κ1) is 16.9. The number of nitrogens with zero attached hydrogens (tertiary/aromatic N) is 3. The molecule has 1 saturated heterocycles. The summed E-state index contributed by atoms with van der Waals surface area (Å²) in [6.07, 6.45) is 3.58. The monoisotopic (exact) mass is 347 g/mol. The number of carbonyl (C=O) groups excluding carboxylic acids is 1. The summed E-state index contributed by atoms with van der Waals surface area (Å²) in [5.74, 6) is -0.502. The van der Waals surface area contributed by atoms with Gasteiger partial charge in [-0.1, -0.05) is 17.7 Å². The molecule has 0 spiro atoms. The molecule has 1 aliphatic heterocycles. The Hall–Kier alpha value is -1.98. The minimum Gasteiger partial charge on any atom is -0.340 e. The zero-order valence-corrected chi connectivity index (χ0v) is 14.0. The Morgan fingerprint density at radius 2 is 1.83 bits per heavy atom. The zero-order valence-electron chi connectivity index (χ0n) is 13.3. The SMILES string of the molecule is O=C(Cc1c(F)cccc1Cl)N1CCN(Cc2ccncc2)CC1. The van der Waals surface area contributed by atoms with Gasteiger partial charge in [0.25, 0.3) is 0 Å². The lowest BCUT2D eigenvalue weighted by molar-refractivity contribution is -0.132. The molecular formula is C18H19ClFN3O. The number of piperazine rings is 1. The molecule has 4 nitrogen and oxygen atoms in total. The normalized spacial score (nSPS) is 15.5. The number of benzene rings is 1. The fourth-order valence-electron chi connectivity index (χ4n) is 2.87. The Morgan fingerprint density at radius 3 is 2.50 bits per heavy atom. The highest BCUT2D eigenvalue weighted by Crippen LogP contribution is 2.20. The van der Waals surface area contributed by atoms with Crippen LogP contribution in [0, 0.1) is 5.82 Å². The van der Waals surface area contributed by atoms with Gasteiger partial charge < -0.3 is 4.90 Å². The quantitative estimate of drug-likeness (QED) is 0.853. The summed E-state index contributed by atoms with van der Waals surface area (Å²) in [6, 6.07) is 8.49. The lowest BCUT2D eigenvalue weighted by Crippen LogP contribution is -2.48. The van der Waals surface area contributed by atoms with Crippen molar-refractivity contribution in [3.8, 4) is 0 Å². The van der Waals surface area contributed by atoms with Gasteiger partial charge in [-0.15, -0.1) is 0 Å². The Labute approximate surface area is 145 Å². The molecule has 1 aliphatic rings. The van der Waals surface area contributed by atoms with Gasteiger partial charge in [0.2, 0.25) is 5.91 Å². The molecule has 1 aromatic carbocycles. The van der Waals surface area contributed by atoms with Crippen molar-refractivity contribution in [3.63, 3.8) is 0 Å². The first-order valence-electron chi connectivity index (χ1n) is 7.95. The van der Waals surface area contributed by atoms with Crippen LogP contribution in [0.1, 0.15) is 11.1 Å². The number of aromatic nitrogens is 1. The maximum Gasteiger partial charge on any atom is 0.227 e. The van der Waals surface area contributed by atoms with E-state index in [-0.39, 0.29) is 17.9 Å². The second-order valence-electron chi connectivity index (χ2n) is 5.89. The molecule has 126 valence electrons. The van der Waals surface area contributed by atoms with Crippen molar-refractivity contribution >= 4 is 17.5 Å². The molecule has 0 saturated carbocycles. The van der Waals surface area contributed by atoms with Crippen molar-refractivity contribution in [2.75, 3.05) is 26.2 Å². The number of hydrogen-bond donors (Lipinski definition) is 0. The van der Waals surface area contributed by atoms with E-state index in [2.05, 4.69) is 9.88 Å². The molecule has 1 amide bonds. The third kappa shape index (κ3) is 4.10. The van der Waals surface area contributed by atoms with Gasteiger partial charge in [0, 0.05) is 55.7 Å². The summed E-state index contributed by atoms with van der Waals surface area (Å²) in [7, 11) is 0. The first-order chi connectivity index (χ1) is 11.6. The summed E-state index contributed by atoms with van der Waals surface area (Å²) in [5, 5.41) is 0.305. The standard InChI is InChI=1S/C18H19ClFN3O/c19-16-2-1-3-17(20)15(16)12-18(24)23-10-8-22(9-11-23)13-14-4-6-21-7-5-14/h1-7H,8-13H2. The van der Waals surface area contributed by atoms with Crippen LogP contribution in [0.3, 0.4) is 0 Å². The van der Waals surface area contributed by atoms with E-state index in [0.29, 0.717) is 18.1 Å². The summed E-state index contributed by atoms with van der Waals surface area (Å²) < 4.78 is 13.8. The molecule has 0 N–H and O–H groups in total. The fourth-order valence-corrected chi connectivity index (χ4v) is 3.10.